The van der Waals surface area contributed by atoms with Crippen LogP contribution in [0.25, 0.3) is 10.9 Å². The molecule has 0 saturated heterocycles. The summed E-state index contributed by atoms with van der Waals surface area (Å²) in [7, 11) is 0. The predicted octanol–water partition coefficient (Wildman–Crippen LogP) is 2.39. The fourth-order valence-corrected chi connectivity index (χ4v) is 1.41. The standard InChI is InChI=1S/C9H5F3N2O/c10-9(11,12)5-2-1-3-6-8(5)7(4-15)14-13-6/h1-4H,(H,13,14). The average Bonchev–Trinajstić information content (AvgIpc) is 2.58. The second-order valence-corrected chi connectivity index (χ2v) is 2.95. The number of rotatable bonds is 1. The maximum absolute atomic E-state index is 12.6. The van der Waals surface area contributed by atoms with Gasteiger partial charge in [-0.05, 0) is 12.1 Å². The molecule has 2 rings (SSSR count). The van der Waals surface area contributed by atoms with Crippen molar-refractivity contribution in [2.45, 2.75) is 6.18 Å². The van der Waals surface area contributed by atoms with Crippen LogP contribution in [0.1, 0.15) is 16.1 Å². The highest BCUT2D eigenvalue weighted by Crippen LogP contribution is 2.35. The van der Waals surface area contributed by atoms with Crippen molar-refractivity contribution < 1.29 is 18.0 Å². The third-order valence-electron chi connectivity index (χ3n) is 2.03. The molecule has 0 fully saturated rings. The SMILES string of the molecule is O=Cc1[nH]nc2cccc(C(F)(F)F)c12. The van der Waals surface area contributed by atoms with Crippen LogP contribution in [0.2, 0.25) is 0 Å². The molecule has 2 aromatic rings. The number of aromatic amines is 1. The maximum atomic E-state index is 12.6. The number of benzene rings is 1. The van der Waals surface area contributed by atoms with Gasteiger partial charge in [0.25, 0.3) is 0 Å². The largest absolute Gasteiger partial charge is 0.417 e. The Hall–Kier alpha value is -1.85. The summed E-state index contributed by atoms with van der Waals surface area (Å²) >= 11 is 0. The first-order valence-corrected chi connectivity index (χ1v) is 4.03. The number of halogens is 3. The van der Waals surface area contributed by atoms with Gasteiger partial charge in [-0.25, -0.2) is 0 Å². The molecule has 0 atom stereocenters. The van der Waals surface area contributed by atoms with Crippen molar-refractivity contribution in [2.24, 2.45) is 0 Å². The van der Waals surface area contributed by atoms with Crippen molar-refractivity contribution in [3.63, 3.8) is 0 Å². The van der Waals surface area contributed by atoms with Crippen molar-refractivity contribution in [2.75, 3.05) is 0 Å². The lowest BCUT2D eigenvalue weighted by Crippen LogP contribution is -2.05. The summed E-state index contributed by atoms with van der Waals surface area (Å²) < 4.78 is 37.7. The third kappa shape index (κ3) is 1.47. The first-order valence-electron chi connectivity index (χ1n) is 4.03. The third-order valence-corrected chi connectivity index (χ3v) is 2.03. The lowest BCUT2D eigenvalue weighted by atomic mass is 10.1. The minimum absolute atomic E-state index is 0.131. The molecule has 0 unspecified atom stereocenters. The monoisotopic (exact) mass is 214 g/mol. The van der Waals surface area contributed by atoms with Crippen LogP contribution in [-0.2, 0) is 6.18 Å². The van der Waals surface area contributed by atoms with E-state index in [1.807, 2.05) is 0 Å². The van der Waals surface area contributed by atoms with Gasteiger partial charge in [0.1, 0.15) is 5.69 Å². The minimum Gasteiger partial charge on any atom is -0.296 e. The maximum Gasteiger partial charge on any atom is 0.417 e. The Morgan fingerprint density at radius 1 is 1.33 bits per heavy atom. The van der Waals surface area contributed by atoms with E-state index in [-0.39, 0.29) is 16.6 Å². The van der Waals surface area contributed by atoms with Crippen LogP contribution in [0.4, 0.5) is 13.2 Å². The summed E-state index contributed by atoms with van der Waals surface area (Å²) in [6, 6.07) is 3.58. The van der Waals surface area contributed by atoms with E-state index in [0.29, 0.717) is 6.29 Å². The van der Waals surface area contributed by atoms with Crippen molar-refractivity contribution in [1.82, 2.24) is 10.2 Å². The zero-order valence-corrected chi connectivity index (χ0v) is 7.30. The van der Waals surface area contributed by atoms with Crippen LogP contribution in [0, 0.1) is 0 Å². The van der Waals surface area contributed by atoms with Gasteiger partial charge in [-0.3, -0.25) is 9.89 Å². The number of aromatic nitrogens is 2. The molecular weight excluding hydrogens is 209 g/mol. The second kappa shape index (κ2) is 3.08. The van der Waals surface area contributed by atoms with E-state index < -0.39 is 11.7 Å². The van der Waals surface area contributed by atoms with E-state index in [0.717, 1.165) is 6.07 Å². The molecule has 0 bridgehead atoms. The Morgan fingerprint density at radius 3 is 2.67 bits per heavy atom. The second-order valence-electron chi connectivity index (χ2n) is 2.95. The lowest BCUT2D eigenvalue weighted by Gasteiger charge is -2.07. The number of fused-ring (bicyclic) bond motifs is 1. The fourth-order valence-electron chi connectivity index (χ4n) is 1.41. The molecule has 1 aromatic carbocycles. The number of carbonyl (C=O) groups is 1. The number of carbonyl (C=O) groups excluding carboxylic acids is 1. The minimum atomic E-state index is -4.48. The summed E-state index contributed by atoms with van der Waals surface area (Å²) in [5, 5.41) is 5.68. The van der Waals surface area contributed by atoms with Crippen molar-refractivity contribution in [3.05, 3.63) is 29.5 Å². The smallest absolute Gasteiger partial charge is 0.296 e. The first-order chi connectivity index (χ1) is 7.04. The van der Waals surface area contributed by atoms with E-state index in [1.54, 1.807) is 0 Å². The van der Waals surface area contributed by atoms with Gasteiger partial charge in [-0.15, -0.1) is 0 Å². The molecule has 15 heavy (non-hydrogen) atoms. The predicted molar refractivity (Wildman–Crippen MR) is 46.5 cm³/mol. The molecular formula is C9H5F3N2O. The van der Waals surface area contributed by atoms with E-state index >= 15 is 0 Å². The Bertz CT molecular complexity index is 516. The summed E-state index contributed by atoms with van der Waals surface area (Å²) in [6.07, 6.45) is -4.16. The first kappa shape index (κ1) is 9.70. The van der Waals surface area contributed by atoms with Gasteiger partial charge in [0.2, 0.25) is 0 Å². The summed E-state index contributed by atoms with van der Waals surface area (Å²) in [5.41, 5.74) is -0.874. The number of hydrogen-bond donors (Lipinski definition) is 1. The van der Waals surface area contributed by atoms with E-state index in [2.05, 4.69) is 10.2 Å². The Morgan fingerprint density at radius 2 is 2.07 bits per heavy atom. The normalized spacial score (nSPS) is 11.9. The number of nitrogens with one attached hydrogen (secondary N) is 1. The van der Waals surface area contributed by atoms with E-state index in [1.165, 1.54) is 12.1 Å². The van der Waals surface area contributed by atoms with Crippen LogP contribution in [0.15, 0.2) is 18.2 Å². The summed E-state index contributed by atoms with van der Waals surface area (Å²) in [4.78, 5) is 10.5. The molecule has 0 aliphatic carbocycles. The number of hydrogen-bond acceptors (Lipinski definition) is 2. The number of nitrogens with zero attached hydrogens (tertiary/aromatic N) is 1. The molecule has 1 aromatic heterocycles. The molecule has 1 N–H and O–H groups in total. The zero-order chi connectivity index (χ0) is 11.1. The number of aldehydes is 1. The van der Waals surface area contributed by atoms with Gasteiger partial charge in [0.15, 0.2) is 6.29 Å². The highest BCUT2D eigenvalue weighted by atomic mass is 19.4. The van der Waals surface area contributed by atoms with Gasteiger partial charge in [0.05, 0.1) is 11.1 Å². The Balaban J connectivity index is 2.84. The van der Waals surface area contributed by atoms with Crippen LogP contribution in [0.3, 0.4) is 0 Å². The average molecular weight is 214 g/mol. The molecule has 1 heterocycles. The van der Waals surface area contributed by atoms with Gasteiger partial charge in [0, 0.05) is 5.39 Å². The molecule has 0 saturated carbocycles. The highest BCUT2D eigenvalue weighted by Gasteiger charge is 2.33. The Labute approximate surface area is 81.9 Å². The van der Waals surface area contributed by atoms with Gasteiger partial charge in [-0.2, -0.15) is 18.3 Å². The quantitative estimate of drug-likeness (QED) is 0.741. The molecule has 0 aliphatic rings. The van der Waals surface area contributed by atoms with E-state index in [4.69, 9.17) is 0 Å². The molecule has 6 heteroatoms. The lowest BCUT2D eigenvalue weighted by molar-refractivity contribution is -0.136. The topological polar surface area (TPSA) is 45.8 Å². The summed E-state index contributed by atoms with van der Waals surface area (Å²) in [5.74, 6) is 0. The summed E-state index contributed by atoms with van der Waals surface area (Å²) in [6.45, 7) is 0. The van der Waals surface area contributed by atoms with Gasteiger partial charge in [-0.1, -0.05) is 6.07 Å². The number of alkyl halides is 3. The van der Waals surface area contributed by atoms with Crippen molar-refractivity contribution in [3.8, 4) is 0 Å². The van der Waals surface area contributed by atoms with Gasteiger partial charge < -0.3 is 0 Å². The molecule has 3 nitrogen and oxygen atoms in total. The number of H-pyrrole nitrogens is 1. The van der Waals surface area contributed by atoms with E-state index in [9.17, 15) is 18.0 Å². The van der Waals surface area contributed by atoms with Crippen molar-refractivity contribution >= 4 is 17.2 Å². The van der Waals surface area contributed by atoms with Crippen molar-refractivity contribution in [1.29, 1.82) is 0 Å². The van der Waals surface area contributed by atoms with Crippen LogP contribution in [-0.4, -0.2) is 16.5 Å². The van der Waals surface area contributed by atoms with Crippen LogP contribution >= 0.6 is 0 Å². The highest BCUT2D eigenvalue weighted by molar-refractivity contribution is 5.97. The fraction of sp³-hybridized carbons (Fsp3) is 0.111. The molecule has 78 valence electrons. The molecule has 0 aliphatic heterocycles. The molecule has 0 amide bonds. The molecule has 0 spiro atoms. The zero-order valence-electron chi connectivity index (χ0n) is 7.30. The Kier molecular flexibility index (Phi) is 1.99. The van der Waals surface area contributed by atoms with Crippen LogP contribution in [0.5, 0.6) is 0 Å². The molecule has 0 radical (unpaired) electrons. The van der Waals surface area contributed by atoms with Crippen LogP contribution < -0.4 is 0 Å². The van der Waals surface area contributed by atoms with Gasteiger partial charge >= 0.3 is 6.18 Å².